The normalized spacial score (nSPS) is 10.9. The minimum Gasteiger partial charge on any atom is -0.399 e. The summed E-state index contributed by atoms with van der Waals surface area (Å²) in [6.07, 6.45) is 1.61. The SMILES string of the molecule is Nc1ccnc(CNC(=O)c2cc3ccc(-c4ccc(F)cc4)cc3[nH]2)c1. The zero-order valence-electron chi connectivity index (χ0n) is 14.4. The molecule has 0 aliphatic rings. The highest BCUT2D eigenvalue weighted by Crippen LogP contribution is 2.25. The van der Waals surface area contributed by atoms with Crippen molar-refractivity contribution >= 4 is 22.5 Å². The molecule has 4 aromatic rings. The van der Waals surface area contributed by atoms with Crippen LogP contribution in [0.25, 0.3) is 22.0 Å². The van der Waals surface area contributed by atoms with Crippen LogP contribution in [0.5, 0.6) is 0 Å². The number of benzene rings is 2. The largest absolute Gasteiger partial charge is 0.399 e. The number of nitrogen functional groups attached to an aromatic ring is 1. The van der Waals surface area contributed by atoms with E-state index in [0.717, 1.165) is 22.0 Å². The minimum absolute atomic E-state index is 0.223. The maximum absolute atomic E-state index is 13.1. The van der Waals surface area contributed by atoms with E-state index in [1.54, 1.807) is 36.5 Å². The fourth-order valence-electron chi connectivity index (χ4n) is 2.93. The fourth-order valence-corrected chi connectivity index (χ4v) is 2.93. The summed E-state index contributed by atoms with van der Waals surface area (Å²) < 4.78 is 13.1. The molecule has 0 fully saturated rings. The number of amides is 1. The molecule has 0 spiro atoms. The van der Waals surface area contributed by atoms with Crippen molar-refractivity contribution in [2.75, 3.05) is 5.73 Å². The van der Waals surface area contributed by atoms with E-state index in [1.807, 2.05) is 18.2 Å². The molecule has 2 aromatic heterocycles. The van der Waals surface area contributed by atoms with Gasteiger partial charge in [0.2, 0.25) is 0 Å². The quantitative estimate of drug-likeness (QED) is 0.516. The molecular formula is C21H17FN4O. The third-order valence-corrected chi connectivity index (χ3v) is 4.32. The molecule has 0 atom stereocenters. The fraction of sp³-hybridized carbons (Fsp3) is 0.0476. The lowest BCUT2D eigenvalue weighted by molar-refractivity contribution is 0.0946. The lowest BCUT2D eigenvalue weighted by atomic mass is 10.0. The van der Waals surface area contributed by atoms with Crippen LogP contribution in [0.3, 0.4) is 0 Å². The number of carbonyl (C=O) groups is 1. The van der Waals surface area contributed by atoms with Crippen LogP contribution < -0.4 is 11.1 Å². The molecular weight excluding hydrogens is 343 g/mol. The minimum atomic E-state index is -0.270. The first-order chi connectivity index (χ1) is 13.1. The number of carbonyl (C=O) groups excluding carboxylic acids is 1. The number of anilines is 1. The lowest BCUT2D eigenvalue weighted by Gasteiger charge is -2.04. The molecule has 1 amide bonds. The van der Waals surface area contributed by atoms with Crippen molar-refractivity contribution in [3.63, 3.8) is 0 Å². The van der Waals surface area contributed by atoms with Crippen molar-refractivity contribution in [1.29, 1.82) is 0 Å². The molecule has 0 unspecified atom stereocenters. The highest BCUT2D eigenvalue weighted by atomic mass is 19.1. The third-order valence-electron chi connectivity index (χ3n) is 4.32. The van der Waals surface area contributed by atoms with E-state index in [4.69, 9.17) is 5.73 Å². The summed E-state index contributed by atoms with van der Waals surface area (Å²) in [5.74, 6) is -0.493. The molecule has 0 aliphatic heterocycles. The summed E-state index contributed by atoms with van der Waals surface area (Å²) in [4.78, 5) is 19.7. The molecule has 0 saturated carbocycles. The predicted molar refractivity (Wildman–Crippen MR) is 104 cm³/mol. The number of halogens is 1. The second-order valence-electron chi connectivity index (χ2n) is 6.26. The number of nitrogens with zero attached hydrogens (tertiary/aromatic N) is 1. The Bertz CT molecular complexity index is 1120. The van der Waals surface area contributed by atoms with Crippen molar-refractivity contribution in [2.45, 2.75) is 6.54 Å². The van der Waals surface area contributed by atoms with Gasteiger partial charge in [0.05, 0.1) is 12.2 Å². The maximum Gasteiger partial charge on any atom is 0.268 e. The molecule has 2 heterocycles. The topological polar surface area (TPSA) is 83.8 Å². The van der Waals surface area contributed by atoms with Crippen LogP contribution in [0, 0.1) is 5.82 Å². The van der Waals surface area contributed by atoms with Gasteiger partial charge in [-0.1, -0.05) is 24.3 Å². The zero-order valence-corrected chi connectivity index (χ0v) is 14.4. The van der Waals surface area contributed by atoms with Gasteiger partial charge in [-0.25, -0.2) is 4.39 Å². The van der Waals surface area contributed by atoms with E-state index >= 15 is 0 Å². The van der Waals surface area contributed by atoms with Crippen molar-refractivity contribution in [3.8, 4) is 11.1 Å². The zero-order chi connectivity index (χ0) is 18.8. The number of hydrogen-bond donors (Lipinski definition) is 3. The number of nitrogens with one attached hydrogen (secondary N) is 2. The Morgan fingerprint density at radius 1 is 1.04 bits per heavy atom. The van der Waals surface area contributed by atoms with Gasteiger partial charge >= 0.3 is 0 Å². The Labute approximate surface area is 155 Å². The molecule has 2 aromatic carbocycles. The van der Waals surface area contributed by atoms with Crippen LogP contribution in [0.15, 0.2) is 66.9 Å². The number of fused-ring (bicyclic) bond motifs is 1. The van der Waals surface area contributed by atoms with Gasteiger partial charge in [0.15, 0.2) is 0 Å². The molecule has 0 bridgehead atoms. The maximum atomic E-state index is 13.1. The van der Waals surface area contributed by atoms with Crippen LogP contribution in [-0.2, 0) is 6.54 Å². The Morgan fingerprint density at radius 3 is 2.59 bits per heavy atom. The van der Waals surface area contributed by atoms with E-state index in [2.05, 4.69) is 15.3 Å². The summed E-state index contributed by atoms with van der Waals surface area (Å²) >= 11 is 0. The van der Waals surface area contributed by atoms with Gasteiger partial charge in [0.1, 0.15) is 11.5 Å². The van der Waals surface area contributed by atoms with E-state index in [-0.39, 0.29) is 11.7 Å². The molecule has 0 radical (unpaired) electrons. The first kappa shape index (κ1) is 16.8. The third kappa shape index (κ3) is 3.64. The van der Waals surface area contributed by atoms with Crippen molar-refractivity contribution in [1.82, 2.24) is 15.3 Å². The first-order valence-electron chi connectivity index (χ1n) is 8.46. The number of aromatic nitrogens is 2. The summed E-state index contributed by atoms with van der Waals surface area (Å²) in [5, 5.41) is 3.75. The lowest BCUT2D eigenvalue weighted by Crippen LogP contribution is -2.23. The molecule has 0 aliphatic carbocycles. The first-order valence-corrected chi connectivity index (χ1v) is 8.46. The van der Waals surface area contributed by atoms with Crippen molar-refractivity contribution in [2.24, 2.45) is 0 Å². The Hall–Kier alpha value is -3.67. The van der Waals surface area contributed by atoms with Crippen LogP contribution in [-0.4, -0.2) is 15.9 Å². The van der Waals surface area contributed by atoms with Gasteiger partial charge in [0, 0.05) is 22.8 Å². The number of H-pyrrole nitrogens is 1. The number of rotatable bonds is 4. The van der Waals surface area contributed by atoms with Crippen LogP contribution in [0.4, 0.5) is 10.1 Å². The molecule has 5 nitrogen and oxygen atoms in total. The van der Waals surface area contributed by atoms with Gasteiger partial charge in [-0.3, -0.25) is 9.78 Å². The van der Waals surface area contributed by atoms with E-state index in [9.17, 15) is 9.18 Å². The number of hydrogen-bond acceptors (Lipinski definition) is 3. The molecule has 0 saturated heterocycles. The second kappa shape index (κ2) is 6.92. The molecule has 134 valence electrons. The van der Waals surface area contributed by atoms with Gasteiger partial charge in [-0.05, 0) is 47.5 Å². The number of nitrogens with two attached hydrogens (primary N) is 1. The second-order valence-corrected chi connectivity index (χ2v) is 6.26. The van der Waals surface area contributed by atoms with Crippen LogP contribution in [0.1, 0.15) is 16.2 Å². The molecule has 27 heavy (non-hydrogen) atoms. The predicted octanol–water partition coefficient (Wildman–Crippen LogP) is 3.88. The smallest absolute Gasteiger partial charge is 0.268 e. The summed E-state index contributed by atoms with van der Waals surface area (Å²) in [6.45, 7) is 0.292. The van der Waals surface area contributed by atoms with Gasteiger partial charge in [-0.2, -0.15) is 0 Å². The summed E-state index contributed by atoms with van der Waals surface area (Å²) in [7, 11) is 0. The summed E-state index contributed by atoms with van der Waals surface area (Å²) in [6, 6.07) is 17.3. The van der Waals surface area contributed by atoms with Gasteiger partial charge in [-0.15, -0.1) is 0 Å². The highest BCUT2D eigenvalue weighted by molar-refractivity contribution is 5.98. The molecule has 4 rings (SSSR count). The van der Waals surface area contributed by atoms with Crippen LogP contribution >= 0.6 is 0 Å². The number of pyridine rings is 1. The Morgan fingerprint density at radius 2 is 1.81 bits per heavy atom. The van der Waals surface area contributed by atoms with E-state index in [1.165, 1.54) is 12.1 Å². The molecule has 4 N–H and O–H groups in total. The average Bonchev–Trinajstić information content (AvgIpc) is 3.10. The standard InChI is InChI=1S/C21H17FN4O/c22-16-5-3-13(4-6-16)14-1-2-15-10-20(26-19(15)9-14)21(27)25-12-18-11-17(23)7-8-24-18/h1-11,26H,12H2,(H2,23,24)(H,25,27). The van der Waals surface area contributed by atoms with E-state index in [0.29, 0.717) is 23.6 Å². The Balaban J connectivity index is 1.54. The average molecular weight is 360 g/mol. The molecule has 6 heteroatoms. The van der Waals surface area contributed by atoms with Crippen LogP contribution in [0.2, 0.25) is 0 Å². The number of aromatic amines is 1. The van der Waals surface area contributed by atoms with E-state index < -0.39 is 0 Å². The van der Waals surface area contributed by atoms with Gasteiger partial charge in [0.25, 0.3) is 5.91 Å². The van der Waals surface area contributed by atoms with Gasteiger partial charge < -0.3 is 16.0 Å². The summed E-state index contributed by atoms with van der Waals surface area (Å²) in [5.41, 5.74) is 10.2. The Kier molecular flexibility index (Phi) is 4.30. The highest BCUT2D eigenvalue weighted by Gasteiger charge is 2.10. The monoisotopic (exact) mass is 360 g/mol. The van der Waals surface area contributed by atoms with Crippen molar-refractivity contribution in [3.05, 3.63) is 84.1 Å². The van der Waals surface area contributed by atoms with Crippen molar-refractivity contribution < 1.29 is 9.18 Å².